The lowest BCUT2D eigenvalue weighted by molar-refractivity contribution is -0.690. The second-order valence-corrected chi connectivity index (χ2v) is 7.56. The van der Waals surface area contributed by atoms with Gasteiger partial charge >= 0.3 is 11.9 Å². The lowest BCUT2D eigenvalue weighted by Gasteiger charge is -2.09. The Morgan fingerprint density at radius 3 is 1.44 bits per heavy atom. The smallest absolute Gasteiger partial charge is 0.235 e. The fourth-order valence-corrected chi connectivity index (χ4v) is 3.36. The van der Waals surface area contributed by atoms with E-state index in [-0.39, 0.29) is 0 Å². The zero-order valence-electron chi connectivity index (χ0n) is 18.1. The van der Waals surface area contributed by atoms with Crippen molar-refractivity contribution in [3.05, 3.63) is 24.8 Å². The highest BCUT2D eigenvalue weighted by atomic mass is 15.3. The fraction of sp³-hybridized carbons (Fsp3) is 0.727. The Hall–Kier alpha value is -1.78. The molecule has 0 aliphatic rings. The predicted molar refractivity (Wildman–Crippen MR) is 112 cm³/mol. The van der Waals surface area contributed by atoms with Crippen LogP contribution in [0.1, 0.15) is 79.1 Å². The van der Waals surface area contributed by atoms with Crippen molar-refractivity contribution in [1.82, 2.24) is 9.13 Å². The van der Waals surface area contributed by atoms with Crippen molar-refractivity contribution >= 4 is 11.9 Å². The van der Waals surface area contributed by atoms with Gasteiger partial charge in [-0.2, -0.15) is 5.32 Å². The minimum Gasteiger partial charge on any atom is -0.235 e. The van der Waals surface area contributed by atoms with Crippen LogP contribution in [0, 0.1) is 0 Å². The summed E-state index contributed by atoms with van der Waals surface area (Å²) in [6.07, 6.45) is 18.7. The molecule has 0 aliphatic heterocycles. The lowest BCUT2D eigenvalue weighted by Crippen LogP contribution is -2.40. The van der Waals surface area contributed by atoms with E-state index in [1.54, 1.807) is 0 Å². The first-order valence-electron chi connectivity index (χ1n) is 11.2. The zero-order valence-corrected chi connectivity index (χ0v) is 18.1. The van der Waals surface area contributed by atoms with Gasteiger partial charge in [0, 0.05) is 0 Å². The van der Waals surface area contributed by atoms with Gasteiger partial charge in [-0.15, -0.1) is 0 Å². The van der Waals surface area contributed by atoms with E-state index in [1.165, 1.54) is 63.3 Å². The Labute approximate surface area is 166 Å². The maximum absolute atomic E-state index is 3.83. The van der Waals surface area contributed by atoms with Gasteiger partial charge in [-0.05, 0) is 25.7 Å². The SMILES string of the molecule is CCCCn1cc[n+](CCCC)c1Nc1n(CCCC)cc[n+]1CCCC. The molecule has 0 fully saturated rings. The average molecular weight is 376 g/mol. The van der Waals surface area contributed by atoms with Crippen LogP contribution in [0.5, 0.6) is 0 Å². The van der Waals surface area contributed by atoms with Crippen LogP contribution in [0.2, 0.25) is 0 Å². The highest BCUT2D eigenvalue weighted by Gasteiger charge is 2.23. The molecule has 27 heavy (non-hydrogen) atoms. The number of hydrogen-bond acceptors (Lipinski definition) is 1. The molecule has 0 atom stereocenters. The maximum Gasteiger partial charge on any atom is 0.367 e. The standard InChI is InChI=1S/C22H40N5/c1-5-9-13-24-17-18-25(14-10-6-2)21(24)23-22-26(15-11-7-3)19-20-27(22)16-12-8-4/h17-20H,5-16H2,1-4H3/q+1/p+1. The summed E-state index contributed by atoms with van der Waals surface area (Å²) in [6, 6.07) is 0. The van der Waals surface area contributed by atoms with Crippen molar-refractivity contribution in [2.45, 2.75) is 105 Å². The molecule has 0 radical (unpaired) electrons. The third kappa shape index (κ3) is 6.12. The summed E-state index contributed by atoms with van der Waals surface area (Å²) in [4.78, 5) is 0. The van der Waals surface area contributed by atoms with E-state index in [2.05, 4.69) is 76.1 Å². The largest absolute Gasteiger partial charge is 0.367 e. The quantitative estimate of drug-likeness (QED) is 0.472. The first kappa shape index (κ1) is 21.5. The monoisotopic (exact) mass is 375 g/mol. The van der Waals surface area contributed by atoms with Gasteiger partial charge in [0.15, 0.2) is 0 Å². The van der Waals surface area contributed by atoms with Gasteiger partial charge in [0.1, 0.15) is 0 Å². The lowest BCUT2D eigenvalue weighted by atomic mass is 10.3. The highest BCUT2D eigenvalue weighted by molar-refractivity contribution is 5.37. The zero-order chi connectivity index (χ0) is 19.5. The van der Waals surface area contributed by atoms with Crippen LogP contribution in [0.25, 0.3) is 0 Å². The molecule has 2 rings (SSSR count). The Morgan fingerprint density at radius 1 is 0.667 bits per heavy atom. The van der Waals surface area contributed by atoms with Crippen LogP contribution in [0.3, 0.4) is 0 Å². The van der Waals surface area contributed by atoms with E-state index in [0.29, 0.717) is 0 Å². The minimum atomic E-state index is 1.07. The molecular formula is C22H41N5+2. The number of aromatic nitrogens is 4. The summed E-state index contributed by atoms with van der Waals surface area (Å²) in [5.74, 6) is 2.44. The highest BCUT2D eigenvalue weighted by Crippen LogP contribution is 2.14. The van der Waals surface area contributed by atoms with Crippen molar-refractivity contribution in [2.75, 3.05) is 5.32 Å². The molecule has 5 heteroatoms. The van der Waals surface area contributed by atoms with Gasteiger partial charge in [-0.3, -0.25) is 0 Å². The van der Waals surface area contributed by atoms with E-state index < -0.39 is 0 Å². The molecule has 0 bridgehead atoms. The van der Waals surface area contributed by atoms with Crippen molar-refractivity contribution in [1.29, 1.82) is 0 Å². The number of rotatable bonds is 14. The number of aryl methyl sites for hydroxylation is 4. The molecule has 0 spiro atoms. The van der Waals surface area contributed by atoms with Gasteiger partial charge in [0.05, 0.1) is 51.0 Å². The molecule has 2 aromatic heterocycles. The van der Waals surface area contributed by atoms with Crippen LogP contribution in [-0.2, 0) is 26.2 Å². The molecule has 0 unspecified atom stereocenters. The van der Waals surface area contributed by atoms with Gasteiger partial charge < -0.3 is 0 Å². The molecule has 2 heterocycles. The van der Waals surface area contributed by atoms with E-state index in [9.17, 15) is 0 Å². The summed E-state index contributed by atoms with van der Waals surface area (Å²) in [5.41, 5.74) is 0. The Kier molecular flexibility index (Phi) is 9.43. The van der Waals surface area contributed by atoms with Crippen LogP contribution in [0.15, 0.2) is 24.8 Å². The number of unbranched alkanes of at least 4 members (excludes halogenated alkanes) is 4. The first-order chi connectivity index (χ1) is 13.2. The molecule has 2 aromatic rings. The number of nitrogens with zero attached hydrogens (tertiary/aromatic N) is 4. The third-order valence-corrected chi connectivity index (χ3v) is 5.18. The average Bonchev–Trinajstić information content (AvgIpc) is 3.25. The third-order valence-electron chi connectivity index (χ3n) is 5.18. The Morgan fingerprint density at radius 2 is 1.07 bits per heavy atom. The normalized spacial score (nSPS) is 11.3. The van der Waals surface area contributed by atoms with E-state index in [1.807, 2.05) is 0 Å². The van der Waals surface area contributed by atoms with Gasteiger partial charge in [0.2, 0.25) is 0 Å². The van der Waals surface area contributed by atoms with Gasteiger partial charge in [-0.1, -0.05) is 53.4 Å². The summed E-state index contributed by atoms with van der Waals surface area (Å²) in [6.45, 7) is 13.3. The van der Waals surface area contributed by atoms with E-state index >= 15 is 0 Å². The second-order valence-electron chi connectivity index (χ2n) is 7.56. The van der Waals surface area contributed by atoms with Crippen LogP contribution >= 0.6 is 0 Å². The molecular weight excluding hydrogens is 334 g/mol. The maximum atomic E-state index is 3.83. The number of imidazole rings is 2. The molecule has 0 saturated heterocycles. The van der Waals surface area contributed by atoms with Crippen molar-refractivity contribution in [2.24, 2.45) is 0 Å². The van der Waals surface area contributed by atoms with Crippen LogP contribution in [-0.4, -0.2) is 9.13 Å². The van der Waals surface area contributed by atoms with Gasteiger partial charge in [-0.25, -0.2) is 18.3 Å². The van der Waals surface area contributed by atoms with Crippen molar-refractivity contribution in [3.63, 3.8) is 0 Å². The minimum absolute atomic E-state index is 1.07. The summed E-state index contributed by atoms with van der Waals surface area (Å²) in [7, 11) is 0. The molecule has 0 amide bonds. The Balaban J connectivity index is 2.31. The summed E-state index contributed by atoms with van der Waals surface area (Å²) < 4.78 is 9.56. The van der Waals surface area contributed by atoms with Gasteiger partial charge in [0.25, 0.3) is 0 Å². The molecule has 152 valence electrons. The molecule has 0 aliphatic carbocycles. The van der Waals surface area contributed by atoms with Crippen LogP contribution < -0.4 is 14.5 Å². The number of anilines is 2. The fourth-order valence-electron chi connectivity index (χ4n) is 3.36. The van der Waals surface area contributed by atoms with E-state index in [0.717, 1.165) is 26.2 Å². The Bertz CT molecular complexity index is 548. The first-order valence-corrected chi connectivity index (χ1v) is 11.2. The molecule has 0 saturated carbocycles. The summed E-state index contributed by atoms with van der Waals surface area (Å²) >= 11 is 0. The molecule has 0 aromatic carbocycles. The molecule has 1 N–H and O–H groups in total. The summed E-state index contributed by atoms with van der Waals surface area (Å²) in [5, 5.41) is 3.83. The second kappa shape index (κ2) is 11.8. The number of hydrogen-bond donors (Lipinski definition) is 1. The predicted octanol–water partition coefficient (Wildman–Crippen LogP) is 4.81. The molecule has 5 nitrogen and oxygen atoms in total. The number of nitrogens with one attached hydrogen (secondary N) is 1. The van der Waals surface area contributed by atoms with E-state index in [4.69, 9.17) is 0 Å². The van der Waals surface area contributed by atoms with Crippen molar-refractivity contribution < 1.29 is 9.13 Å². The topological polar surface area (TPSA) is 29.6 Å². The van der Waals surface area contributed by atoms with Crippen LogP contribution in [0.4, 0.5) is 11.9 Å². The van der Waals surface area contributed by atoms with Crippen molar-refractivity contribution in [3.8, 4) is 0 Å².